The fourth-order valence-corrected chi connectivity index (χ4v) is 6.00. The molecule has 0 aromatic heterocycles. The molecule has 0 aliphatic rings. The molecule has 0 radical (unpaired) electrons. The van der Waals surface area contributed by atoms with Gasteiger partial charge in [-0.2, -0.15) is 0 Å². The molecule has 0 N–H and O–H groups in total. The molecule has 7 rings (SSSR count). The van der Waals surface area contributed by atoms with E-state index >= 15 is 0 Å². The number of rotatable bonds is 2. The van der Waals surface area contributed by atoms with E-state index in [1.54, 1.807) is 0 Å². The molecule has 1 heteroatoms. The quantitative estimate of drug-likeness (QED) is 0.203. The third-order valence-electron chi connectivity index (χ3n) is 7.08. The molecule has 0 fully saturated rings. The Kier molecular flexibility index (Phi) is 4.72. The summed E-state index contributed by atoms with van der Waals surface area (Å²) >= 11 is 3.98. The van der Waals surface area contributed by atoms with Crippen LogP contribution in [0.4, 0.5) is 0 Å². The van der Waals surface area contributed by atoms with Crippen molar-refractivity contribution in [3.8, 4) is 22.3 Å². The Morgan fingerprint density at radius 3 is 1.54 bits per heavy atom. The predicted octanol–water partition coefficient (Wildman–Crippen LogP) is 10.4. The molecule has 0 amide bonds. The van der Waals surface area contributed by atoms with Gasteiger partial charge in [-0.15, -0.1) is 0 Å². The molecule has 164 valence electrons. The van der Waals surface area contributed by atoms with Gasteiger partial charge < -0.3 is 0 Å². The van der Waals surface area contributed by atoms with Crippen molar-refractivity contribution in [1.29, 1.82) is 0 Å². The van der Waals surface area contributed by atoms with Gasteiger partial charge in [-0.1, -0.05) is 109 Å². The van der Waals surface area contributed by atoms with Crippen LogP contribution in [0.15, 0.2) is 132 Å². The van der Waals surface area contributed by atoms with Crippen molar-refractivity contribution < 1.29 is 0 Å². The molecule has 35 heavy (non-hydrogen) atoms. The second-order valence-electron chi connectivity index (χ2n) is 9.12. The smallest absolute Gasteiger partial charge is 0.0332 e. The van der Waals surface area contributed by atoms with Gasteiger partial charge in [-0.05, 0) is 99.5 Å². The van der Waals surface area contributed by atoms with E-state index in [0.29, 0.717) is 0 Å². The zero-order valence-electron chi connectivity index (χ0n) is 19.0. The van der Waals surface area contributed by atoms with Gasteiger partial charge in [0.2, 0.25) is 0 Å². The summed E-state index contributed by atoms with van der Waals surface area (Å²) in [4.78, 5) is 0. The van der Waals surface area contributed by atoms with Crippen molar-refractivity contribution in [1.82, 2.24) is 0 Å². The molecule has 0 aliphatic carbocycles. The molecule has 0 bridgehead atoms. The van der Waals surface area contributed by atoms with E-state index in [2.05, 4.69) is 143 Å². The predicted molar refractivity (Wildman–Crippen MR) is 155 cm³/mol. The van der Waals surface area contributed by atoms with Crippen molar-refractivity contribution in [3.05, 3.63) is 132 Å². The van der Waals surface area contributed by atoms with Crippen molar-refractivity contribution in [2.75, 3.05) is 0 Å². The molecule has 0 unspecified atom stereocenters. The Balaban J connectivity index is 1.52. The second kappa shape index (κ2) is 8.08. The van der Waals surface area contributed by atoms with E-state index in [-0.39, 0.29) is 0 Å². The fraction of sp³-hybridized carbons (Fsp3) is 0. The third kappa shape index (κ3) is 3.35. The van der Waals surface area contributed by atoms with E-state index in [4.69, 9.17) is 0 Å². The molecule has 0 nitrogen and oxygen atoms in total. The standard InChI is InChI=1S/C34H21Br/c35-34-31-12-6-5-11-29(31)33(28-16-14-23-8-2-4-10-25(23)20-28)30-18-17-27(21-32(30)34)26-15-13-22-7-1-3-9-24(22)19-26/h1-21H. The van der Waals surface area contributed by atoms with Gasteiger partial charge in [0.1, 0.15) is 0 Å². The topological polar surface area (TPSA) is 0 Å². The summed E-state index contributed by atoms with van der Waals surface area (Å²) in [5, 5.41) is 10.0. The zero-order chi connectivity index (χ0) is 23.4. The number of benzene rings is 7. The first kappa shape index (κ1) is 20.4. The number of hydrogen-bond acceptors (Lipinski definition) is 0. The minimum Gasteiger partial charge on any atom is -0.0616 e. The fourth-order valence-electron chi connectivity index (χ4n) is 5.33. The number of hydrogen-bond donors (Lipinski definition) is 0. The Morgan fingerprint density at radius 1 is 0.343 bits per heavy atom. The lowest BCUT2D eigenvalue weighted by Gasteiger charge is -2.16. The monoisotopic (exact) mass is 508 g/mol. The zero-order valence-corrected chi connectivity index (χ0v) is 20.6. The molecular formula is C34H21Br. The van der Waals surface area contributed by atoms with E-state index in [0.717, 1.165) is 4.47 Å². The van der Waals surface area contributed by atoms with Crippen molar-refractivity contribution in [3.63, 3.8) is 0 Å². The van der Waals surface area contributed by atoms with Gasteiger partial charge in [0.05, 0.1) is 0 Å². The van der Waals surface area contributed by atoms with Crippen molar-refractivity contribution in [2.24, 2.45) is 0 Å². The lowest BCUT2D eigenvalue weighted by Crippen LogP contribution is -1.89. The van der Waals surface area contributed by atoms with Gasteiger partial charge in [-0.25, -0.2) is 0 Å². The Bertz CT molecular complexity index is 1910. The molecule has 0 saturated carbocycles. The van der Waals surface area contributed by atoms with E-state index in [1.165, 1.54) is 65.3 Å². The minimum absolute atomic E-state index is 1.15. The summed E-state index contributed by atoms with van der Waals surface area (Å²) in [5.74, 6) is 0. The SMILES string of the molecule is Brc1c2ccccc2c(-c2ccc3ccccc3c2)c2ccc(-c3ccc4ccccc4c3)cc12. The maximum Gasteiger partial charge on any atom is 0.0332 e. The summed E-state index contributed by atoms with van der Waals surface area (Å²) < 4.78 is 1.15. The molecule has 7 aromatic carbocycles. The average molecular weight is 509 g/mol. The van der Waals surface area contributed by atoms with Gasteiger partial charge in [0, 0.05) is 4.47 Å². The first-order valence-corrected chi connectivity index (χ1v) is 12.7. The maximum absolute atomic E-state index is 3.98. The van der Waals surface area contributed by atoms with Crippen LogP contribution in [0.1, 0.15) is 0 Å². The highest BCUT2D eigenvalue weighted by Crippen LogP contribution is 2.43. The highest BCUT2D eigenvalue weighted by atomic mass is 79.9. The summed E-state index contributed by atoms with van der Waals surface area (Å²) in [6.45, 7) is 0. The first-order valence-electron chi connectivity index (χ1n) is 11.9. The molecule has 0 aliphatic heterocycles. The normalized spacial score (nSPS) is 11.6. The van der Waals surface area contributed by atoms with E-state index in [9.17, 15) is 0 Å². The van der Waals surface area contributed by atoms with Crippen LogP contribution in [0, 0.1) is 0 Å². The van der Waals surface area contributed by atoms with Gasteiger partial charge in [0.25, 0.3) is 0 Å². The van der Waals surface area contributed by atoms with Crippen LogP contribution in [0.25, 0.3) is 65.3 Å². The maximum atomic E-state index is 3.98. The van der Waals surface area contributed by atoms with Crippen LogP contribution in [0.5, 0.6) is 0 Å². The summed E-state index contributed by atoms with van der Waals surface area (Å²) in [5.41, 5.74) is 4.99. The lowest BCUT2D eigenvalue weighted by molar-refractivity contribution is 1.66. The van der Waals surface area contributed by atoms with Crippen LogP contribution in [0.2, 0.25) is 0 Å². The molecule has 7 aromatic rings. The average Bonchev–Trinajstić information content (AvgIpc) is 2.93. The molecule has 0 atom stereocenters. The van der Waals surface area contributed by atoms with Crippen LogP contribution in [-0.4, -0.2) is 0 Å². The van der Waals surface area contributed by atoms with Gasteiger partial charge in [-0.3, -0.25) is 0 Å². The van der Waals surface area contributed by atoms with Gasteiger partial charge in [0.15, 0.2) is 0 Å². The number of halogens is 1. The molecular weight excluding hydrogens is 488 g/mol. The molecule has 0 heterocycles. The van der Waals surface area contributed by atoms with E-state index < -0.39 is 0 Å². The number of fused-ring (bicyclic) bond motifs is 4. The molecule has 0 spiro atoms. The van der Waals surface area contributed by atoms with Crippen LogP contribution >= 0.6 is 15.9 Å². The van der Waals surface area contributed by atoms with Crippen LogP contribution in [0.3, 0.4) is 0 Å². The second-order valence-corrected chi connectivity index (χ2v) is 9.91. The van der Waals surface area contributed by atoms with Crippen LogP contribution in [-0.2, 0) is 0 Å². The van der Waals surface area contributed by atoms with Gasteiger partial charge >= 0.3 is 0 Å². The van der Waals surface area contributed by atoms with Crippen LogP contribution < -0.4 is 0 Å². The summed E-state index contributed by atoms with van der Waals surface area (Å²) in [6, 6.07) is 46.3. The Morgan fingerprint density at radius 2 is 0.829 bits per heavy atom. The highest BCUT2D eigenvalue weighted by molar-refractivity contribution is 9.10. The highest BCUT2D eigenvalue weighted by Gasteiger charge is 2.15. The summed E-state index contributed by atoms with van der Waals surface area (Å²) in [7, 11) is 0. The largest absolute Gasteiger partial charge is 0.0616 e. The lowest BCUT2D eigenvalue weighted by atomic mass is 9.89. The summed E-state index contributed by atoms with van der Waals surface area (Å²) in [6.07, 6.45) is 0. The first-order chi connectivity index (χ1) is 17.3. The van der Waals surface area contributed by atoms with E-state index in [1.807, 2.05) is 0 Å². The Labute approximate surface area is 212 Å². The molecule has 0 saturated heterocycles. The van der Waals surface area contributed by atoms with Crippen molar-refractivity contribution >= 4 is 59.0 Å². The Hall–Kier alpha value is -3.94. The minimum atomic E-state index is 1.15. The van der Waals surface area contributed by atoms with Crippen molar-refractivity contribution in [2.45, 2.75) is 0 Å². The third-order valence-corrected chi connectivity index (χ3v) is 7.93.